The monoisotopic (exact) mass is 493 g/mol. The van der Waals surface area contributed by atoms with Gasteiger partial charge in [0.1, 0.15) is 5.75 Å². The Morgan fingerprint density at radius 3 is 2.61 bits per heavy atom. The Labute approximate surface area is 213 Å². The van der Waals surface area contributed by atoms with Crippen molar-refractivity contribution in [1.82, 2.24) is 15.2 Å². The number of aromatic nitrogens is 1. The van der Waals surface area contributed by atoms with Gasteiger partial charge in [-0.2, -0.15) is 0 Å². The first-order valence-electron chi connectivity index (χ1n) is 12.9. The van der Waals surface area contributed by atoms with Gasteiger partial charge in [-0.1, -0.05) is 36.4 Å². The Morgan fingerprint density at radius 1 is 1.11 bits per heavy atom. The lowest BCUT2D eigenvalue weighted by atomic mass is 9.96. The van der Waals surface area contributed by atoms with Crippen molar-refractivity contribution in [2.24, 2.45) is 5.92 Å². The van der Waals surface area contributed by atoms with Gasteiger partial charge in [-0.3, -0.25) is 4.79 Å². The lowest BCUT2D eigenvalue weighted by Gasteiger charge is -2.33. The normalized spacial score (nSPS) is 16.4. The average Bonchev–Trinajstić information content (AvgIpc) is 2.85. The molecular weight excluding hydrogens is 454 g/mol. The Morgan fingerprint density at radius 2 is 1.86 bits per heavy atom. The first kappa shape index (κ1) is 26.4. The summed E-state index contributed by atoms with van der Waals surface area (Å²) in [6, 6.07) is 16.8. The third kappa shape index (κ3) is 7.17. The molecule has 0 radical (unpaired) electrons. The smallest absolute Gasteiger partial charge is 0.248 e. The number of rotatable bonds is 11. The molecule has 1 atom stereocenters. The number of hydrogen-bond acceptors (Lipinski definition) is 6. The van der Waals surface area contributed by atoms with Crippen LogP contribution >= 0.6 is 0 Å². The number of aromatic amines is 1. The molecule has 194 valence electrons. The van der Waals surface area contributed by atoms with Crippen LogP contribution in [0.2, 0.25) is 0 Å². The number of benzene rings is 2. The summed E-state index contributed by atoms with van der Waals surface area (Å²) in [6.45, 7) is 9.41. The maximum Gasteiger partial charge on any atom is 0.248 e. The summed E-state index contributed by atoms with van der Waals surface area (Å²) >= 11 is 0. The van der Waals surface area contributed by atoms with E-state index < -0.39 is 6.10 Å². The highest BCUT2D eigenvalue weighted by Crippen LogP contribution is 2.28. The van der Waals surface area contributed by atoms with Gasteiger partial charge in [-0.25, -0.2) is 0 Å². The maximum absolute atomic E-state index is 11.6. The average molecular weight is 494 g/mol. The van der Waals surface area contributed by atoms with Crippen LogP contribution in [0.15, 0.2) is 59.4 Å². The number of aliphatic hydroxyl groups is 1. The molecule has 0 aliphatic carbocycles. The van der Waals surface area contributed by atoms with Crippen LogP contribution in [0.5, 0.6) is 5.75 Å². The van der Waals surface area contributed by atoms with Crippen LogP contribution < -0.4 is 10.9 Å². The molecule has 4 N–H and O–H groups in total. The molecule has 7 nitrogen and oxygen atoms in total. The molecule has 36 heavy (non-hydrogen) atoms. The number of piperidine rings is 1. The first-order valence-corrected chi connectivity index (χ1v) is 12.9. The van der Waals surface area contributed by atoms with Gasteiger partial charge in [0.15, 0.2) is 0 Å². The standard InChI is InChI=1S/C29H39N3O4/c1-29(2,18-21-6-4-3-5-7-21)36-17-16-32-14-12-22(13-15-32)19-30-20-26(34)23-8-10-25(33)28-24(23)9-11-27(35)31-28/h3-11,22,26,30,33-34H,12-20H2,1-2H3,(H,31,35)/t26-/m0/s1. The van der Waals surface area contributed by atoms with E-state index in [1.165, 1.54) is 17.7 Å². The second-order valence-electron chi connectivity index (χ2n) is 10.5. The van der Waals surface area contributed by atoms with Crippen LogP contribution in [0.25, 0.3) is 10.9 Å². The summed E-state index contributed by atoms with van der Waals surface area (Å²) in [4.78, 5) is 16.7. The van der Waals surface area contributed by atoms with Gasteiger partial charge in [-0.05, 0) is 75.5 Å². The molecular formula is C29H39N3O4. The van der Waals surface area contributed by atoms with Crippen molar-refractivity contribution >= 4 is 10.9 Å². The van der Waals surface area contributed by atoms with Crippen LogP contribution in [-0.2, 0) is 11.2 Å². The molecule has 0 unspecified atom stereocenters. The molecule has 2 heterocycles. The second-order valence-corrected chi connectivity index (χ2v) is 10.5. The van der Waals surface area contributed by atoms with Crippen molar-refractivity contribution in [3.63, 3.8) is 0 Å². The van der Waals surface area contributed by atoms with E-state index in [0.29, 0.717) is 28.9 Å². The third-order valence-electron chi connectivity index (χ3n) is 7.12. The van der Waals surface area contributed by atoms with Gasteiger partial charge in [0, 0.05) is 31.0 Å². The van der Waals surface area contributed by atoms with E-state index in [2.05, 4.69) is 53.3 Å². The number of phenols is 1. The predicted molar refractivity (Wildman–Crippen MR) is 143 cm³/mol. The zero-order valence-electron chi connectivity index (χ0n) is 21.4. The van der Waals surface area contributed by atoms with Crippen molar-refractivity contribution < 1.29 is 14.9 Å². The molecule has 1 fully saturated rings. The minimum absolute atomic E-state index is 0.00327. The highest BCUT2D eigenvalue weighted by Gasteiger charge is 2.22. The molecule has 1 aromatic heterocycles. The highest BCUT2D eigenvalue weighted by molar-refractivity contribution is 5.87. The Kier molecular flexibility index (Phi) is 8.80. The largest absolute Gasteiger partial charge is 0.506 e. The number of likely N-dealkylation sites (tertiary alicyclic amines) is 1. The predicted octanol–water partition coefficient (Wildman–Crippen LogP) is 3.61. The van der Waals surface area contributed by atoms with Gasteiger partial charge in [-0.15, -0.1) is 0 Å². The number of nitrogens with one attached hydrogen (secondary N) is 2. The number of pyridine rings is 1. The summed E-state index contributed by atoms with van der Waals surface area (Å²) in [5.74, 6) is 0.584. The van der Waals surface area contributed by atoms with Crippen LogP contribution in [0, 0.1) is 5.92 Å². The van der Waals surface area contributed by atoms with Crippen LogP contribution in [-0.4, -0.2) is 65.0 Å². The fourth-order valence-electron chi connectivity index (χ4n) is 5.09. The minimum Gasteiger partial charge on any atom is -0.506 e. The molecule has 1 saturated heterocycles. The highest BCUT2D eigenvalue weighted by atomic mass is 16.5. The summed E-state index contributed by atoms with van der Waals surface area (Å²) < 4.78 is 6.22. The van der Waals surface area contributed by atoms with Crippen molar-refractivity contribution in [3.05, 3.63) is 76.1 Å². The van der Waals surface area contributed by atoms with Gasteiger partial charge >= 0.3 is 0 Å². The Hall–Kier alpha value is -2.71. The summed E-state index contributed by atoms with van der Waals surface area (Å²) in [5.41, 5.74) is 1.89. The number of H-pyrrole nitrogens is 1. The Bertz CT molecular complexity index is 1170. The molecule has 7 heteroatoms. The minimum atomic E-state index is -0.726. The zero-order valence-corrected chi connectivity index (χ0v) is 21.4. The van der Waals surface area contributed by atoms with Crippen LogP contribution in [0.4, 0.5) is 0 Å². The van der Waals surface area contributed by atoms with Gasteiger partial charge in [0.05, 0.1) is 23.8 Å². The van der Waals surface area contributed by atoms with E-state index >= 15 is 0 Å². The maximum atomic E-state index is 11.6. The third-order valence-corrected chi connectivity index (χ3v) is 7.12. The van der Waals surface area contributed by atoms with Crippen molar-refractivity contribution in [1.29, 1.82) is 0 Å². The zero-order chi connectivity index (χ0) is 25.5. The van der Waals surface area contributed by atoms with E-state index in [-0.39, 0.29) is 16.9 Å². The lowest BCUT2D eigenvalue weighted by Crippen LogP contribution is -2.40. The first-order chi connectivity index (χ1) is 17.3. The number of phenolic OH excluding ortho intramolecular Hbond substituents is 1. The molecule has 1 aliphatic heterocycles. The fourth-order valence-corrected chi connectivity index (χ4v) is 5.09. The summed E-state index contributed by atoms with van der Waals surface area (Å²) in [5, 5.41) is 24.9. The molecule has 2 aromatic carbocycles. The molecule has 0 amide bonds. The topological polar surface area (TPSA) is 97.8 Å². The number of fused-ring (bicyclic) bond motifs is 1. The molecule has 1 aliphatic rings. The fraction of sp³-hybridized carbons (Fsp3) is 0.483. The van der Waals surface area contributed by atoms with Gasteiger partial charge < -0.3 is 30.2 Å². The quantitative estimate of drug-likeness (QED) is 0.326. The summed E-state index contributed by atoms with van der Waals surface area (Å²) in [7, 11) is 0. The SMILES string of the molecule is CC(C)(Cc1ccccc1)OCCN1CCC(CNC[C@H](O)c2ccc(O)c3[nH]c(=O)ccc23)CC1. The number of aliphatic hydroxyl groups excluding tert-OH is 1. The molecule has 4 rings (SSSR count). The number of aromatic hydroxyl groups is 1. The van der Waals surface area contributed by atoms with Crippen molar-refractivity contribution in [3.8, 4) is 5.75 Å². The second kappa shape index (κ2) is 12.0. The van der Waals surface area contributed by atoms with E-state index in [1.54, 1.807) is 12.1 Å². The van der Waals surface area contributed by atoms with Crippen molar-refractivity contribution in [2.45, 2.75) is 44.8 Å². The van der Waals surface area contributed by atoms with Crippen LogP contribution in [0.1, 0.15) is 43.9 Å². The number of hydrogen-bond donors (Lipinski definition) is 4. The molecule has 0 spiro atoms. The number of ether oxygens (including phenoxy) is 1. The van der Waals surface area contributed by atoms with E-state index in [1.807, 2.05) is 6.07 Å². The van der Waals surface area contributed by atoms with Gasteiger partial charge in [0.25, 0.3) is 0 Å². The summed E-state index contributed by atoms with van der Waals surface area (Å²) in [6.07, 6.45) is 2.43. The van der Waals surface area contributed by atoms with E-state index in [4.69, 9.17) is 4.74 Å². The van der Waals surface area contributed by atoms with Crippen molar-refractivity contribution in [2.75, 3.05) is 39.3 Å². The molecule has 0 bridgehead atoms. The number of nitrogens with zero attached hydrogens (tertiary/aromatic N) is 1. The molecule has 0 saturated carbocycles. The van der Waals surface area contributed by atoms with Gasteiger partial charge in [0.2, 0.25) is 5.56 Å². The van der Waals surface area contributed by atoms with E-state index in [0.717, 1.165) is 52.0 Å². The van der Waals surface area contributed by atoms with E-state index in [9.17, 15) is 15.0 Å². The van der Waals surface area contributed by atoms with Crippen LogP contribution in [0.3, 0.4) is 0 Å². The molecule has 3 aromatic rings. The Balaban J connectivity index is 1.16. The lowest BCUT2D eigenvalue weighted by molar-refractivity contribution is -0.0286.